The van der Waals surface area contributed by atoms with Gasteiger partial charge in [-0.1, -0.05) is 6.07 Å². The zero-order valence-corrected chi connectivity index (χ0v) is 19.4. The van der Waals surface area contributed by atoms with Gasteiger partial charge in [-0.3, -0.25) is 0 Å². The third kappa shape index (κ3) is 8.76. The van der Waals surface area contributed by atoms with E-state index in [2.05, 4.69) is 15.6 Å². The van der Waals surface area contributed by atoms with E-state index in [9.17, 15) is 4.39 Å². The molecule has 0 unspecified atom stereocenters. The third-order valence-electron chi connectivity index (χ3n) is 3.91. The van der Waals surface area contributed by atoms with E-state index in [-0.39, 0.29) is 29.8 Å². The average molecular weight is 517 g/mol. The van der Waals surface area contributed by atoms with Crippen LogP contribution in [0.1, 0.15) is 18.9 Å². The molecule has 0 heterocycles. The standard InChI is InChI=1S/C21H28FN3O3.HI/c1-4-23-21(24-12-5-13-28-18-9-7-17(22)8-10-18)25-15-16-6-11-19(26-2)20(14-16)27-3;/h6-11,14H,4-5,12-13,15H2,1-3H3,(H2,23,24,25);1H. The van der Waals surface area contributed by atoms with Crippen molar-refractivity contribution < 1.29 is 18.6 Å². The van der Waals surface area contributed by atoms with Crippen LogP contribution in [-0.2, 0) is 6.54 Å². The fourth-order valence-corrected chi connectivity index (χ4v) is 2.49. The topological polar surface area (TPSA) is 64.1 Å². The summed E-state index contributed by atoms with van der Waals surface area (Å²) in [4.78, 5) is 4.60. The third-order valence-corrected chi connectivity index (χ3v) is 3.91. The van der Waals surface area contributed by atoms with E-state index in [4.69, 9.17) is 14.2 Å². The molecular formula is C21H29FIN3O3. The van der Waals surface area contributed by atoms with Crippen molar-refractivity contribution in [2.24, 2.45) is 4.99 Å². The Morgan fingerprint density at radius 3 is 2.38 bits per heavy atom. The molecule has 0 aliphatic rings. The number of guanidine groups is 1. The summed E-state index contributed by atoms with van der Waals surface area (Å²) in [5, 5.41) is 6.50. The highest BCUT2D eigenvalue weighted by atomic mass is 127. The van der Waals surface area contributed by atoms with Crippen LogP contribution in [0.5, 0.6) is 17.2 Å². The molecule has 0 amide bonds. The Balaban J connectivity index is 0.00000420. The van der Waals surface area contributed by atoms with Gasteiger partial charge in [0.15, 0.2) is 17.5 Å². The minimum atomic E-state index is -0.269. The van der Waals surface area contributed by atoms with E-state index >= 15 is 0 Å². The van der Waals surface area contributed by atoms with Gasteiger partial charge in [0, 0.05) is 13.1 Å². The van der Waals surface area contributed by atoms with Crippen LogP contribution in [0.2, 0.25) is 0 Å². The maximum Gasteiger partial charge on any atom is 0.191 e. The minimum absolute atomic E-state index is 0. The van der Waals surface area contributed by atoms with E-state index in [0.717, 1.165) is 24.5 Å². The molecule has 0 saturated heterocycles. The maximum absolute atomic E-state index is 12.9. The number of nitrogens with zero attached hydrogens (tertiary/aromatic N) is 1. The number of halogens is 2. The fraction of sp³-hybridized carbons (Fsp3) is 0.381. The van der Waals surface area contributed by atoms with Gasteiger partial charge in [-0.2, -0.15) is 0 Å². The van der Waals surface area contributed by atoms with Crippen LogP contribution < -0.4 is 24.8 Å². The number of hydrogen-bond donors (Lipinski definition) is 2. The number of benzene rings is 2. The van der Waals surface area contributed by atoms with E-state index in [1.54, 1.807) is 26.4 Å². The Morgan fingerprint density at radius 2 is 1.72 bits per heavy atom. The van der Waals surface area contributed by atoms with Gasteiger partial charge in [-0.05, 0) is 55.3 Å². The van der Waals surface area contributed by atoms with E-state index < -0.39 is 0 Å². The molecule has 0 aliphatic heterocycles. The number of nitrogens with one attached hydrogen (secondary N) is 2. The Labute approximate surface area is 188 Å². The van der Waals surface area contributed by atoms with Crippen LogP contribution in [-0.4, -0.2) is 39.9 Å². The second kappa shape index (κ2) is 13.9. The molecule has 29 heavy (non-hydrogen) atoms. The van der Waals surface area contributed by atoms with Crippen LogP contribution in [0.15, 0.2) is 47.5 Å². The number of methoxy groups -OCH3 is 2. The number of hydrogen-bond acceptors (Lipinski definition) is 4. The van der Waals surface area contributed by atoms with E-state index in [1.807, 2.05) is 25.1 Å². The van der Waals surface area contributed by atoms with E-state index in [0.29, 0.717) is 36.9 Å². The molecule has 8 heteroatoms. The lowest BCUT2D eigenvalue weighted by atomic mass is 10.2. The van der Waals surface area contributed by atoms with Gasteiger partial charge < -0.3 is 24.8 Å². The molecular weight excluding hydrogens is 488 g/mol. The summed E-state index contributed by atoms with van der Waals surface area (Å²) in [5.74, 6) is 2.51. The molecule has 6 nitrogen and oxygen atoms in total. The van der Waals surface area contributed by atoms with Crippen LogP contribution in [0.4, 0.5) is 4.39 Å². The summed E-state index contributed by atoms with van der Waals surface area (Å²) in [6.07, 6.45) is 0.790. The molecule has 0 bridgehead atoms. The fourth-order valence-electron chi connectivity index (χ4n) is 2.49. The zero-order valence-electron chi connectivity index (χ0n) is 17.0. The molecule has 160 valence electrons. The summed E-state index contributed by atoms with van der Waals surface area (Å²) < 4.78 is 29.0. The van der Waals surface area contributed by atoms with Gasteiger partial charge in [0.1, 0.15) is 11.6 Å². The highest BCUT2D eigenvalue weighted by molar-refractivity contribution is 14.0. The van der Waals surface area contributed by atoms with Crippen molar-refractivity contribution >= 4 is 29.9 Å². The van der Waals surface area contributed by atoms with Gasteiger partial charge >= 0.3 is 0 Å². The molecule has 0 spiro atoms. The van der Waals surface area contributed by atoms with Crippen molar-refractivity contribution in [3.8, 4) is 17.2 Å². The molecule has 0 aliphatic carbocycles. The molecule has 0 fully saturated rings. The Hall–Kier alpha value is -2.23. The van der Waals surface area contributed by atoms with Crippen molar-refractivity contribution in [2.75, 3.05) is 33.9 Å². The van der Waals surface area contributed by atoms with Crippen molar-refractivity contribution in [3.05, 3.63) is 53.8 Å². The zero-order chi connectivity index (χ0) is 20.2. The highest BCUT2D eigenvalue weighted by Gasteiger charge is 2.05. The first-order valence-electron chi connectivity index (χ1n) is 9.27. The lowest BCUT2D eigenvalue weighted by Crippen LogP contribution is -2.38. The minimum Gasteiger partial charge on any atom is -0.494 e. The first-order chi connectivity index (χ1) is 13.7. The molecule has 0 atom stereocenters. The molecule has 2 aromatic carbocycles. The van der Waals surface area contributed by atoms with Gasteiger partial charge in [0.2, 0.25) is 0 Å². The second-order valence-electron chi connectivity index (χ2n) is 5.97. The molecule has 0 saturated carbocycles. The first-order valence-corrected chi connectivity index (χ1v) is 9.27. The van der Waals surface area contributed by atoms with Crippen molar-refractivity contribution in [1.29, 1.82) is 0 Å². The highest BCUT2D eigenvalue weighted by Crippen LogP contribution is 2.27. The van der Waals surface area contributed by atoms with Crippen molar-refractivity contribution in [2.45, 2.75) is 19.9 Å². The SMILES string of the molecule is CCNC(=NCc1ccc(OC)c(OC)c1)NCCCOc1ccc(F)cc1.I. The van der Waals surface area contributed by atoms with Crippen molar-refractivity contribution in [3.63, 3.8) is 0 Å². The summed E-state index contributed by atoms with van der Waals surface area (Å²) in [7, 11) is 3.23. The second-order valence-corrected chi connectivity index (χ2v) is 5.97. The number of rotatable bonds is 10. The summed E-state index contributed by atoms with van der Waals surface area (Å²) in [6, 6.07) is 11.8. The Kier molecular flexibility index (Phi) is 11.9. The molecule has 0 radical (unpaired) electrons. The average Bonchev–Trinajstić information content (AvgIpc) is 2.72. The van der Waals surface area contributed by atoms with Gasteiger partial charge in [0.25, 0.3) is 0 Å². The molecule has 2 N–H and O–H groups in total. The summed E-state index contributed by atoms with van der Waals surface area (Å²) in [5.41, 5.74) is 1.02. The predicted octanol–water partition coefficient (Wildman–Crippen LogP) is 3.99. The van der Waals surface area contributed by atoms with E-state index in [1.165, 1.54) is 12.1 Å². The monoisotopic (exact) mass is 517 g/mol. The largest absolute Gasteiger partial charge is 0.494 e. The van der Waals surface area contributed by atoms with Crippen LogP contribution in [0.25, 0.3) is 0 Å². The molecule has 2 aromatic rings. The summed E-state index contributed by atoms with van der Waals surface area (Å²) >= 11 is 0. The van der Waals surface area contributed by atoms with Crippen LogP contribution in [0, 0.1) is 5.82 Å². The molecule has 0 aromatic heterocycles. The first kappa shape index (κ1) is 24.8. The Morgan fingerprint density at radius 1 is 1.00 bits per heavy atom. The number of aliphatic imine (C=N–C) groups is 1. The smallest absolute Gasteiger partial charge is 0.191 e. The van der Waals surface area contributed by atoms with Gasteiger partial charge in [-0.15, -0.1) is 24.0 Å². The van der Waals surface area contributed by atoms with Crippen LogP contribution >= 0.6 is 24.0 Å². The lowest BCUT2D eigenvalue weighted by molar-refractivity contribution is 0.310. The van der Waals surface area contributed by atoms with Gasteiger partial charge in [0.05, 0.1) is 27.4 Å². The quantitative estimate of drug-likeness (QED) is 0.216. The van der Waals surface area contributed by atoms with Crippen molar-refractivity contribution in [1.82, 2.24) is 10.6 Å². The molecule has 2 rings (SSSR count). The lowest BCUT2D eigenvalue weighted by Gasteiger charge is -2.12. The normalized spacial score (nSPS) is 10.7. The summed E-state index contributed by atoms with van der Waals surface area (Å²) in [6.45, 7) is 4.55. The number of ether oxygens (including phenoxy) is 3. The Bertz CT molecular complexity index is 757. The maximum atomic E-state index is 12.9. The predicted molar refractivity (Wildman–Crippen MR) is 124 cm³/mol. The van der Waals surface area contributed by atoms with Crippen LogP contribution in [0.3, 0.4) is 0 Å². The van der Waals surface area contributed by atoms with Gasteiger partial charge in [-0.25, -0.2) is 9.38 Å².